The van der Waals surface area contributed by atoms with Crippen molar-refractivity contribution in [2.75, 3.05) is 44.8 Å². The lowest BCUT2D eigenvalue weighted by atomic mass is 10.1. The average Bonchev–Trinajstić information content (AvgIpc) is 2.86. The molecule has 8 nitrogen and oxygen atoms in total. The second-order valence-corrected chi connectivity index (χ2v) is 8.08. The first kappa shape index (κ1) is 27.3. The van der Waals surface area contributed by atoms with Crippen LogP contribution >= 0.6 is 12.4 Å². The number of halogens is 3. The number of hydrogen-bond acceptors (Lipinski definition) is 6. The summed E-state index contributed by atoms with van der Waals surface area (Å²) >= 11 is 0. The van der Waals surface area contributed by atoms with Crippen molar-refractivity contribution in [1.29, 1.82) is 0 Å². The molecule has 1 aromatic heterocycles. The van der Waals surface area contributed by atoms with Crippen LogP contribution in [0.4, 0.5) is 19.3 Å². The van der Waals surface area contributed by atoms with Gasteiger partial charge in [0.1, 0.15) is 0 Å². The number of amides is 1. The lowest BCUT2D eigenvalue weighted by Gasteiger charge is -2.26. The van der Waals surface area contributed by atoms with Crippen LogP contribution in [0.2, 0.25) is 0 Å². The van der Waals surface area contributed by atoms with E-state index >= 15 is 0 Å². The fraction of sp³-hybridized carbons (Fsp3) is 0.320. The van der Waals surface area contributed by atoms with Crippen LogP contribution in [0.15, 0.2) is 59.4 Å². The number of ether oxygens (including phenoxy) is 2. The Morgan fingerprint density at radius 2 is 1.86 bits per heavy atom. The van der Waals surface area contributed by atoms with Crippen LogP contribution in [0.3, 0.4) is 0 Å². The van der Waals surface area contributed by atoms with E-state index in [-0.39, 0.29) is 30.2 Å². The number of morpholine rings is 1. The van der Waals surface area contributed by atoms with Crippen molar-refractivity contribution in [3.8, 4) is 11.3 Å². The van der Waals surface area contributed by atoms with Gasteiger partial charge in [-0.25, -0.2) is 18.3 Å². The summed E-state index contributed by atoms with van der Waals surface area (Å²) in [6.07, 6.45) is 0.160. The third kappa shape index (κ3) is 7.33. The molecule has 1 aliphatic heterocycles. The highest BCUT2D eigenvalue weighted by Crippen LogP contribution is 2.22. The summed E-state index contributed by atoms with van der Waals surface area (Å²) in [4.78, 5) is 26.7. The first-order chi connectivity index (χ1) is 17.0. The van der Waals surface area contributed by atoms with E-state index in [1.807, 2.05) is 0 Å². The van der Waals surface area contributed by atoms with Gasteiger partial charge in [0.15, 0.2) is 11.6 Å². The highest BCUT2D eigenvalue weighted by Gasteiger charge is 2.13. The summed E-state index contributed by atoms with van der Waals surface area (Å²) in [5.74, 6) is -2.02. The average molecular weight is 521 g/mol. The van der Waals surface area contributed by atoms with Crippen molar-refractivity contribution in [3.63, 3.8) is 0 Å². The van der Waals surface area contributed by atoms with Gasteiger partial charge in [-0.1, -0.05) is 18.2 Å². The second-order valence-electron chi connectivity index (χ2n) is 8.08. The number of carbonyl (C=O) groups excluding carboxylic acids is 1. The normalized spacial score (nSPS) is 13.6. The maximum absolute atomic E-state index is 14.2. The van der Waals surface area contributed by atoms with Gasteiger partial charge in [-0.05, 0) is 42.3 Å². The number of nitrogens with zero attached hydrogens (tertiary/aromatic N) is 3. The van der Waals surface area contributed by atoms with Gasteiger partial charge in [0.05, 0.1) is 32.1 Å². The topological polar surface area (TPSA) is 85.7 Å². The number of nitrogens with one attached hydrogen (secondary N) is 1. The molecule has 11 heteroatoms. The van der Waals surface area contributed by atoms with Crippen LogP contribution in [-0.2, 0) is 16.0 Å². The van der Waals surface area contributed by atoms with Crippen LogP contribution in [0.1, 0.15) is 12.0 Å². The van der Waals surface area contributed by atoms with E-state index in [0.29, 0.717) is 17.9 Å². The summed E-state index contributed by atoms with van der Waals surface area (Å²) in [6, 6.07) is 13.3. The zero-order chi connectivity index (χ0) is 24.6. The van der Waals surface area contributed by atoms with Gasteiger partial charge in [-0.3, -0.25) is 15.0 Å². The molecule has 192 valence electrons. The van der Waals surface area contributed by atoms with E-state index in [4.69, 9.17) is 9.47 Å². The number of anilines is 1. The van der Waals surface area contributed by atoms with E-state index in [0.717, 1.165) is 50.0 Å². The zero-order valence-electron chi connectivity index (χ0n) is 19.5. The van der Waals surface area contributed by atoms with Gasteiger partial charge in [0.25, 0.3) is 5.56 Å². The molecule has 3 aromatic rings. The van der Waals surface area contributed by atoms with E-state index in [1.165, 1.54) is 24.3 Å². The molecule has 4 rings (SSSR count). The molecule has 1 aliphatic rings. The maximum atomic E-state index is 14.2. The van der Waals surface area contributed by atoms with Crippen molar-refractivity contribution in [3.05, 3.63) is 82.1 Å². The first-order valence-corrected chi connectivity index (χ1v) is 11.3. The van der Waals surface area contributed by atoms with Gasteiger partial charge in [0, 0.05) is 37.0 Å². The third-order valence-electron chi connectivity index (χ3n) is 5.56. The summed E-state index contributed by atoms with van der Waals surface area (Å²) in [7, 11) is 0. The van der Waals surface area contributed by atoms with Crippen molar-refractivity contribution >= 4 is 24.2 Å². The van der Waals surface area contributed by atoms with Gasteiger partial charge < -0.3 is 9.47 Å². The van der Waals surface area contributed by atoms with Crippen molar-refractivity contribution in [1.82, 2.24) is 14.7 Å². The molecule has 2 aromatic carbocycles. The lowest BCUT2D eigenvalue weighted by Crippen LogP contribution is -2.37. The second kappa shape index (κ2) is 13.1. The quantitative estimate of drug-likeness (QED) is 0.453. The minimum absolute atomic E-state index is 0. The van der Waals surface area contributed by atoms with Crippen LogP contribution in [0, 0.1) is 11.6 Å². The molecule has 0 saturated carbocycles. The number of carbonyl (C=O) groups is 1. The number of aromatic nitrogens is 2. The van der Waals surface area contributed by atoms with E-state index in [1.54, 1.807) is 24.3 Å². The van der Waals surface area contributed by atoms with Crippen LogP contribution in [0.25, 0.3) is 11.3 Å². The molecule has 0 spiro atoms. The molecule has 1 saturated heterocycles. The highest BCUT2D eigenvalue weighted by molar-refractivity contribution is 5.85. The monoisotopic (exact) mass is 520 g/mol. The van der Waals surface area contributed by atoms with E-state index in [9.17, 15) is 18.4 Å². The number of hydrogen-bond donors (Lipinski definition) is 1. The molecular formula is C25H27ClF2N4O4. The van der Waals surface area contributed by atoms with Crippen molar-refractivity contribution < 1.29 is 23.0 Å². The molecule has 0 bridgehead atoms. The van der Waals surface area contributed by atoms with E-state index < -0.39 is 23.3 Å². The fourth-order valence-corrected chi connectivity index (χ4v) is 3.76. The summed E-state index contributed by atoms with van der Waals surface area (Å²) in [6.45, 7) is 4.44. The standard InChI is InChI=1S/C25H26F2N4O4.ClH/c26-21-7-2-6-20(24(21)27)22-8-9-23(32)31(29-22)17-18-4-1-5-19(16-18)28-25(33)35-13-3-10-30-11-14-34-15-12-30;/h1-2,4-9,16H,3,10-15,17H2,(H,28,33);1H. The van der Waals surface area contributed by atoms with Crippen molar-refractivity contribution in [2.24, 2.45) is 0 Å². The summed E-state index contributed by atoms with van der Waals surface area (Å²) < 4.78 is 39.5. The maximum Gasteiger partial charge on any atom is 0.411 e. The summed E-state index contributed by atoms with van der Waals surface area (Å²) in [5.41, 5.74) is 0.883. The van der Waals surface area contributed by atoms with Gasteiger partial charge in [-0.15, -0.1) is 12.4 Å². The predicted molar refractivity (Wildman–Crippen MR) is 133 cm³/mol. The zero-order valence-corrected chi connectivity index (χ0v) is 20.3. The smallest absolute Gasteiger partial charge is 0.411 e. The Hall–Kier alpha value is -3.34. The summed E-state index contributed by atoms with van der Waals surface area (Å²) in [5, 5.41) is 6.87. The Balaban J connectivity index is 0.00000361. The molecule has 0 aliphatic carbocycles. The Kier molecular flexibility index (Phi) is 9.92. The first-order valence-electron chi connectivity index (χ1n) is 11.3. The lowest BCUT2D eigenvalue weighted by molar-refractivity contribution is 0.0348. The van der Waals surface area contributed by atoms with Gasteiger partial charge in [0.2, 0.25) is 0 Å². The fourth-order valence-electron chi connectivity index (χ4n) is 3.76. The Labute approximate surface area is 213 Å². The van der Waals surface area contributed by atoms with E-state index in [2.05, 4.69) is 15.3 Å². The highest BCUT2D eigenvalue weighted by atomic mass is 35.5. The van der Waals surface area contributed by atoms with Crippen LogP contribution in [-0.4, -0.2) is 60.2 Å². The molecule has 36 heavy (non-hydrogen) atoms. The Morgan fingerprint density at radius 1 is 1.08 bits per heavy atom. The Morgan fingerprint density at radius 3 is 2.67 bits per heavy atom. The van der Waals surface area contributed by atoms with Crippen LogP contribution in [0.5, 0.6) is 0 Å². The predicted octanol–water partition coefficient (Wildman–Crippen LogP) is 3.93. The minimum Gasteiger partial charge on any atom is -0.449 e. The number of rotatable bonds is 8. The molecule has 1 N–H and O–H groups in total. The molecule has 2 heterocycles. The van der Waals surface area contributed by atoms with Gasteiger partial charge in [-0.2, -0.15) is 5.10 Å². The van der Waals surface area contributed by atoms with Crippen LogP contribution < -0.4 is 10.9 Å². The molecule has 0 atom stereocenters. The minimum atomic E-state index is -1.03. The largest absolute Gasteiger partial charge is 0.449 e. The molecule has 1 fully saturated rings. The SMILES string of the molecule is Cl.O=C(Nc1cccc(Cn2nc(-c3cccc(F)c3F)ccc2=O)c1)OCCCN1CCOCC1. The molecular weight excluding hydrogens is 494 g/mol. The molecule has 0 radical (unpaired) electrons. The third-order valence-corrected chi connectivity index (χ3v) is 5.56. The van der Waals surface area contributed by atoms with Crippen molar-refractivity contribution in [2.45, 2.75) is 13.0 Å². The molecule has 0 unspecified atom stereocenters. The number of benzene rings is 2. The molecule has 1 amide bonds. The van der Waals surface area contributed by atoms with Gasteiger partial charge >= 0.3 is 6.09 Å². The Bertz CT molecular complexity index is 1230.